The van der Waals surface area contributed by atoms with Crippen LogP contribution in [-0.4, -0.2) is 39.6 Å². The molecule has 4 aliphatic rings. The van der Waals surface area contributed by atoms with Crippen LogP contribution in [0.2, 0.25) is 0 Å². The Morgan fingerprint density at radius 1 is 1.00 bits per heavy atom. The van der Waals surface area contributed by atoms with Crippen LogP contribution in [-0.2, 0) is 11.2 Å². The van der Waals surface area contributed by atoms with Crippen molar-refractivity contribution in [3.8, 4) is 5.75 Å². The third-order valence-electron chi connectivity index (χ3n) is 11.5. The minimum Gasteiger partial charge on any atom is -0.484 e. The van der Waals surface area contributed by atoms with Crippen molar-refractivity contribution in [3.05, 3.63) is 93.4 Å². The summed E-state index contributed by atoms with van der Waals surface area (Å²) in [6, 6.07) is 13.5. The predicted molar refractivity (Wildman–Crippen MR) is 183 cm³/mol. The molecule has 2 aliphatic heterocycles. The zero-order chi connectivity index (χ0) is 34.1. The van der Waals surface area contributed by atoms with E-state index in [9.17, 15) is 23.9 Å². The fraction of sp³-hybridized carbons (Fsp3) is 0.525. The lowest BCUT2D eigenvalue weighted by atomic mass is 9.77. The van der Waals surface area contributed by atoms with E-state index in [4.69, 9.17) is 4.74 Å². The van der Waals surface area contributed by atoms with Gasteiger partial charge in [-0.25, -0.2) is 8.78 Å². The van der Waals surface area contributed by atoms with Crippen LogP contribution in [0.1, 0.15) is 123 Å². The van der Waals surface area contributed by atoms with Crippen molar-refractivity contribution >= 4 is 17.4 Å². The number of Topliss-reactive ketones (excluding diaryl/α,β-unsaturated/α-hetero) is 1. The molecule has 9 heteroatoms. The number of carbonyl (C=O) groups is 2. The van der Waals surface area contributed by atoms with Gasteiger partial charge in [0.2, 0.25) is 5.91 Å². The van der Waals surface area contributed by atoms with E-state index in [1.807, 2.05) is 30.3 Å². The Bertz CT molecular complexity index is 1750. The highest BCUT2D eigenvalue weighted by atomic mass is 19.1. The largest absolute Gasteiger partial charge is 0.484 e. The number of carbonyl (C=O) groups excluding carboxylic acids is 2. The number of benzene rings is 2. The minimum absolute atomic E-state index is 0.0115. The van der Waals surface area contributed by atoms with Crippen molar-refractivity contribution in [1.29, 1.82) is 0 Å². The van der Waals surface area contributed by atoms with E-state index in [1.54, 1.807) is 16.8 Å². The number of aromatic nitrogens is 1. The molecule has 2 saturated carbocycles. The highest BCUT2D eigenvalue weighted by molar-refractivity contribution is 5.99. The normalized spacial score (nSPS) is 21.6. The number of amides is 1. The van der Waals surface area contributed by atoms with Crippen molar-refractivity contribution in [3.63, 3.8) is 0 Å². The molecular weight excluding hydrogens is 626 g/mol. The number of nitrogens with zero attached hydrogens (tertiary/aromatic N) is 2. The van der Waals surface area contributed by atoms with Gasteiger partial charge in [0.1, 0.15) is 17.1 Å². The van der Waals surface area contributed by atoms with Crippen molar-refractivity contribution in [2.45, 2.75) is 120 Å². The van der Waals surface area contributed by atoms with Gasteiger partial charge in [-0.15, -0.1) is 0 Å². The molecule has 1 aromatic heterocycles. The molecule has 49 heavy (non-hydrogen) atoms. The third-order valence-corrected chi connectivity index (χ3v) is 11.5. The monoisotopic (exact) mass is 672 g/mol. The van der Waals surface area contributed by atoms with Crippen LogP contribution in [0, 0.1) is 17.6 Å². The van der Waals surface area contributed by atoms with Gasteiger partial charge in [0, 0.05) is 48.8 Å². The number of pyridine rings is 1. The summed E-state index contributed by atoms with van der Waals surface area (Å²) in [6.45, 7) is 0.455. The summed E-state index contributed by atoms with van der Waals surface area (Å²) >= 11 is 0. The smallest absolute Gasteiger partial charge is 0.274 e. The van der Waals surface area contributed by atoms with Gasteiger partial charge in [0.15, 0.2) is 17.3 Å². The molecule has 3 atom stereocenters. The predicted octanol–water partition coefficient (Wildman–Crippen LogP) is 7.82. The molecule has 3 fully saturated rings. The van der Waals surface area contributed by atoms with E-state index in [1.165, 1.54) is 11.0 Å². The van der Waals surface area contributed by atoms with Gasteiger partial charge in [0.05, 0.1) is 6.10 Å². The van der Waals surface area contributed by atoms with Crippen LogP contribution >= 0.6 is 0 Å². The first-order chi connectivity index (χ1) is 23.7. The number of hydrogen-bond donors (Lipinski definition) is 1. The molecule has 1 saturated heterocycles. The van der Waals surface area contributed by atoms with Gasteiger partial charge in [-0.2, -0.15) is 0 Å². The summed E-state index contributed by atoms with van der Waals surface area (Å²) in [5, 5.41) is 11.8. The Hall–Kier alpha value is -3.85. The van der Waals surface area contributed by atoms with Gasteiger partial charge in [-0.1, -0.05) is 43.2 Å². The molecule has 260 valence electrons. The lowest BCUT2D eigenvalue weighted by Gasteiger charge is -2.40. The Morgan fingerprint density at radius 2 is 1.76 bits per heavy atom. The van der Waals surface area contributed by atoms with E-state index in [0.29, 0.717) is 56.2 Å². The molecule has 0 unspecified atom stereocenters. The van der Waals surface area contributed by atoms with Crippen molar-refractivity contribution in [2.75, 3.05) is 11.4 Å². The van der Waals surface area contributed by atoms with E-state index >= 15 is 4.39 Å². The van der Waals surface area contributed by atoms with Crippen molar-refractivity contribution < 1.29 is 28.2 Å². The van der Waals surface area contributed by atoms with E-state index in [-0.39, 0.29) is 47.1 Å². The Kier molecular flexibility index (Phi) is 9.73. The summed E-state index contributed by atoms with van der Waals surface area (Å²) in [7, 11) is 0. The molecule has 0 bridgehead atoms. The van der Waals surface area contributed by atoms with Crippen LogP contribution in [0.3, 0.4) is 0 Å². The number of aliphatic hydroxyl groups is 1. The Balaban J connectivity index is 1.15. The number of halogens is 2. The molecule has 3 heterocycles. The molecule has 2 aliphatic carbocycles. The molecule has 1 amide bonds. The first kappa shape index (κ1) is 33.6. The second-order valence-electron chi connectivity index (χ2n) is 14.8. The van der Waals surface area contributed by atoms with Gasteiger partial charge >= 0.3 is 0 Å². The number of anilines is 1. The molecule has 1 spiro atoms. The van der Waals surface area contributed by atoms with Gasteiger partial charge < -0.3 is 19.3 Å². The topological polar surface area (TPSA) is 88.8 Å². The SMILES string of the molecule is O=C(C[C@@H](Cc1ccccc1)[C@H](O)CC[C@H]1CC2(CCCC2)Oc2c(F)cc(F)cc21)c1cc(N2CCCC2=O)c(=O)n(C2CCCC2)c1. The summed E-state index contributed by atoms with van der Waals surface area (Å²) in [5.74, 6) is -2.12. The van der Waals surface area contributed by atoms with Crippen molar-refractivity contribution in [2.24, 2.45) is 5.92 Å². The summed E-state index contributed by atoms with van der Waals surface area (Å²) in [5.41, 5.74) is 1.43. The summed E-state index contributed by atoms with van der Waals surface area (Å²) in [4.78, 5) is 42.1. The maximum Gasteiger partial charge on any atom is 0.274 e. The molecule has 3 aromatic rings. The van der Waals surface area contributed by atoms with Crippen molar-refractivity contribution in [1.82, 2.24) is 4.57 Å². The number of fused-ring (bicyclic) bond motifs is 1. The fourth-order valence-corrected chi connectivity index (χ4v) is 8.91. The first-order valence-corrected chi connectivity index (χ1v) is 18.2. The highest BCUT2D eigenvalue weighted by Crippen LogP contribution is 2.50. The zero-order valence-corrected chi connectivity index (χ0v) is 28.0. The summed E-state index contributed by atoms with van der Waals surface area (Å²) < 4.78 is 37.4. The van der Waals surface area contributed by atoms with Crippen LogP contribution in [0.15, 0.2) is 59.5 Å². The van der Waals surface area contributed by atoms with E-state index < -0.39 is 29.3 Å². The standard InChI is InChI=1S/C40H46F2N2O5/c41-30-22-32-27(24-40(16-6-7-17-40)49-38(32)33(42)23-30)14-15-35(45)28(19-26-9-2-1-3-10-26)21-36(46)29-20-34(43-18-8-13-37(43)47)39(48)44(25-29)31-11-4-5-12-31/h1-3,9-10,20,22-23,25,27-28,31,35,45H,4-8,11-19,21,24H2/t27-,28+,35+/m0/s1. The van der Waals surface area contributed by atoms with Gasteiger partial charge in [-0.05, 0) is 100 Å². The van der Waals surface area contributed by atoms with E-state index in [2.05, 4.69) is 0 Å². The average molecular weight is 673 g/mol. The van der Waals surface area contributed by atoms with Gasteiger partial charge in [0.25, 0.3) is 5.56 Å². The van der Waals surface area contributed by atoms with Crippen LogP contribution in [0.5, 0.6) is 5.75 Å². The molecule has 1 N–H and O–H groups in total. The highest BCUT2D eigenvalue weighted by Gasteiger charge is 2.44. The number of hydrogen-bond acceptors (Lipinski definition) is 5. The maximum atomic E-state index is 15.0. The zero-order valence-electron chi connectivity index (χ0n) is 28.0. The quantitative estimate of drug-likeness (QED) is 0.210. The first-order valence-electron chi connectivity index (χ1n) is 18.2. The number of ketones is 1. The number of rotatable bonds is 11. The molecular formula is C40H46F2N2O5. The van der Waals surface area contributed by atoms with Crippen LogP contribution in [0.25, 0.3) is 0 Å². The Labute approximate surface area is 286 Å². The lowest BCUT2D eigenvalue weighted by Crippen LogP contribution is -2.39. The molecule has 2 aromatic carbocycles. The third kappa shape index (κ3) is 7.09. The maximum absolute atomic E-state index is 15.0. The Morgan fingerprint density at radius 3 is 2.47 bits per heavy atom. The number of ether oxygens (including phenoxy) is 1. The lowest BCUT2D eigenvalue weighted by molar-refractivity contribution is -0.117. The number of aliphatic hydroxyl groups excluding tert-OH is 1. The van der Waals surface area contributed by atoms with Crippen LogP contribution in [0.4, 0.5) is 14.5 Å². The van der Waals surface area contributed by atoms with Crippen LogP contribution < -0.4 is 15.2 Å². The second kappa shape index (κ2) is 14.2. The molecule has 0 radical (unpaired) electrons. The molecule has 7 rings (SSSR count). The van der Waals surface area contributed by atoms with E-state index in [0.717, 1.165) is 63.0 Å². The fourth-order valence-electron chi connectivity index (χ4n) is 8.91. The van der Waals surface area contributed by atoms with Gasteiger partial charge in [-0.3, -0.25) is 14.4 Å². The second-order valence-corrected chi connectivity index (χ2v) is 14.8. The average Bonchev–Trinajstić information content (AvgIpc) is 3.88. The summed E-state index contributed by atoms with van der Waals surface area (Å²) in [6.07, 6.45) is 11.2. The molecule has 7 nitrogen and oxygen atoms in total. The minimum atomic E-state index is -0.867.